The molecule has 0 amide bonds. The molecule has 1 aromatic carbocycles. The summed E-state index contributed by atoms with van der Waals surface area (Å²) < 4.78 is 1.12. The third kappa shape index (κ3) is 3.64. The van der Waals surface area contributed by atoms with E-state index >= 15 is 0 Å². The van der Waals surface area contributed by atoms with Crippen LogP contribution in [0.1, 0.15) is 34.8 Å². The molecule has 1 aromatic heterocycles. The van der Waals surface area contributed by atoms with Crippen molar-refractivity contribution in [2.45, 2.75) is 32.9 Å². The van der Waals surface area contributed by atoms with Crippen molar-refractivity contribution >= 4 is 27.3 Å². The van der Waals surface area contributed by atoms with Crippen molar-refractivity contribution in [3.05, 3.63) is 50.4 Å². The van der Waals surface area contributed by atoms with Gasteiger partial charge in [0.1, 0.15) is 5.01 Å². The zero-order valence-corrected chi connectivity index (χ0v) is 13.0. The Balaban J connectivity index is 1.99. The highest BCUT2D eigenvalue weighted by atomic mass is 79.9. The molecule has 1 atom stereocenters. The lowest BCUT2D eigenvalue weighted by Gasteiger charge is -2.16. The molecule has 1 unspecified atom stereocenters. The second-order valence-electron chi connectivity index (χ2n) is 4.26. The number of hydrogen-bond acceptors (Lipinski definition) is 3. The van der Waals surface area contributed by atoms with Crippen LogP contribution in [0.5, 0.6) is 0 Å². The van der Waals surface area contributed by atoms with E-state index in [0.717, 1.165) is 22.4 Å². The van der Waals surface area contributed by atoms with Gasteiger partial charge in [-0.25, -0.2) is 4.98 Å². The Bertz CT molecular complexity index is 493. The molecule has 0 bridgehead atoms. The largest absolute Gasteiger partial charge is 0.304 e. The molecule has 96 valence electrons. The Morgan fingerprint density at radius 2 is 2.06 bits per heavy atom. The Labute approximate surface area is 121 Å². The standard InChI is InChI=1S/C14H17BrN2S/c1-3-13(11-4-6-12(15)7-5-11)16-9-14-17-8-10(2)18-14/h4-8,13,16H,3,9H2,1-2H3. The summed E-state index contributed by atoms with van der Waals surface area (Å²) in [7, 11) is 0. The van der Waals surface area contributed by atoms with Crippen LogP contribution in [0.25, 0.3) is 0 Å². The van der Waals surface area contributed by atoms with Crippen LogP contribution in [0.2, 0.25) is 0 Å². The molecule has 0 saturated carbocycles. The Morgan fingerprint density at radius 1 is 1.33 bits per heavy atom. The first-order chi connectivity index (χ1) is 8.69. The third-order valence-corrected chi connectivity index (χ3v) is 4.29. The van der Waals surface area contributed by atoms with E-state index < -0.39 is 0 Å². The normalized spacial score (nSPS) is 12.6. The van der Waals surface area contributed by atoms with Crippen molar-refractivity contribution in [3.8, 4) is 0 Å². The van der Waals surface area contributed by atoms with Crippen molar-refractivity contribution < 1.29 is 0 Å². The monoisotopic (exact) mass is 324 g/mol. The van der Waals surface area contributed by atoms with Gasteiger partial charge in [0.15, 0.2) is 0 Å². The molecule has 1 heterocycles. The summed E-state index contributed by atoms with van der Waals surface area (Å²) in [5.74, 6) is 0. The smallest absolute Gasteiger partial charge is 0.107 e. The van der Waals surface area contributed by atoms with Gasteiger partial charge in [-0.15, -0.1) is 11.3 Å². The van der Waals surface area contributed by atoms with Gasteiger partial charge < -0.3 is 5.32 Å². The molecule has 18 heavy (non-hydrogen) atoms. The van der Waals surface area contributed by atoms with Crippen LogP contribution in [-0.4, -0.2) is 4.98 Å². The molecule has 0 aliphatic rings. The summed E-state index contributed by atoms with van der Waals surface area (Å²) >= 11 is 5.22. The van der Waals surface area contributed by atoms with Crippen LogP contribution in [0, 0.1) is 6.92 Å². The number of nitrogens with zero attached hydrogens (tertiary/aromatic N) is 1. The lowest BCUT2D eigenvalue weighted by atomic mass is 10.1. The number of nitrogens with one attached hydrogen (secondary N) is 1. The minimum atomic E-state index is 0.391. The van der Waals surface area contributed by atoms with Crippen LogP contribution < -0.4 is 5.32 Å². The predicted molar refractivity (Wildman–Crippen MR) is 80.9 cm³/mol. The van der Waals surface area contributed by atoms with Crippen molar-refractivity contribution in [1.82, 2.24) is 10.3 Å². The third-order valence-electron chi connectivity index (χ3n) is 2.85. The number of benzene rings is 1. The van der Waals surface area contributed by atoms with Crippen LogP contribution in [0.3, 0.4) is 0 Å². The molecular formula is C14H17BrN2S. The zero-order chi connectivity index (χ0) is 13.0. The first-order valence-corrected chi connectivity index (χ1v) is 7.70. The first kappa shape index (κ1) is 13.7. The van der Waals surface area contributed by atoms with E-state index in [2.05, 4.69) is 64.3 Å². The van der Waals surface area contributed by atoms with E-state index in [1.165, 1.54) is 10.4 Å². The van der Waals surface area contributed by atoms with E-state index in [1.54, 1.807) is 11.3 Å². The van der Waals surface area contributed by atoms with Gasteiger partial charge in [0.25, 0.3) is 0 Å². The molecule has 0 fully saturated rings. The van der Waals surface area contributed by atoms with Gasteiger partial charge in [0, 0.05) is 28.1 Å². The van der Waals surface area contributed by atoms with Gasteiger partial charge in [-0.3, -0.25) is 0 Å². The van der Waals surface area contributed by atoms with Crippen molar-refractivity contribution in [3.63, 3.8) is 0 Å². The summed E-state index contributed by atoms with van der Waals surface area (Å²) in [5, 5.41) is 4.72. The predicted octanol–water partition coefficient (Wildman–Crippen LogP) is 4.45. The second-order valence-corrected chi connectivity index (χ2v) is 6.49. The summed E-state index contributed by atoms with van der Waals surface area (Å²) in [6, 6.07) is 8.90. The molecular weight excluding hydrogens is 308 g/mol. The van der Waals surface area contributed by atoms with Crippen LogP contribution in [-0.2, 0) is 6.54 Å². The van der Waals surface area contributed by atoms with Crippen molar-refractivity contribution in [2.75, 3.05) is 0 Å². The van der Waals surface area contributed by atoms with E-state index in [4.69, 9.17) is 0 Å². The Kier molecular flexibility index (Phi) is 4.92. The minimum Gasteiger partial charge on any atom is -0.304 e. The molecule has 0 saturated heterocycles. The van der Waals surface area contributed by atoms with Crippen LogP contribution >= 0.6 is 27.3 Å². The molecule has 2 rings (SSSR count). The highest BCUT2D eigenvalue weighted by molar-refractivity contribution is 9.10. The molecule has 1 N–H and O–H groups in total. The fourth-order valence-electron chi connectivity index (χ4n) is 1.89. The van der Waals surface area contributed by atoms with Crippen LogP contribution in [0.15, 0.2) is 34.9 Å². The summed E-state index contributed by atoms with van der Waals surface area (Å²) in [6.07, 6.45) is 3.01. The number of hydrogen-bond donors (Lipinski definition) is 1. The van der Waals surface area contributed by atoms with Gasteiger partial charge in [-0.1, -0.05) is 35.0 Å². The zero-order valence-electron chi connectivity index (χ0n) is 10.6. The number of halogens is 1. The van der Waals surface area contributed by atoms with E-state index in [-0.39, 0.29) is 0 Å². The first-order valence-electron chi connectivity index (χ1n) is 6.09. The topological polar surface area (TPSA) is 24.9 Å². The fourth-order valence-corrected chi connectivity index (χ4v) is 2.89. The average molecular weight is 325 g/mol. The molecule has 0 spiro atoms. The maximum atomic E-state index is 4.38. The summed E-state index contributed by atoms with van der Waals surface area (Å²) in [4.78, 5) is 5.65. The molecule has 2 nitrogen and oxygen atoms in total. The van der Waals surface area contributed by atoms with Crippen molar-refractivity contribution in [1.29, 1.82) is 0 Å². The second kappa shape index (κ2) is 6.45. The Hall–Kier alpha value is -0.710. The van der Waals surface area contributed by atoms with Gasteiger partial charge in [-0.2, -0.15) is 0 Å². The molecule has 2 aromatic rings. The highest BCUT2D eigenvalue weighted by Crippen LogP contribution is 2.20. The quantitative estimate of drug-likeness (QED) is 0.878. The molecule has 0 aliphatic heterocycles. The number of aromatic nitrogens is 1. The lowest BCUT2D eigenvalue weighted by molar-refractivity contribution is 0.518. The van der Waals surface area contributed by atoms with Crippen molar-refractivity contribution in [2.24, 2.45) is 0 Å². The van der Waals surface area contributed by atoms with Gasteiger partial charge >= 0.3 is 0 Å². The molecule has 0 aliphatic carbocycles. The Morgan fingerprint density at radius 3 is 2.61 bits per heavy atom. The maximum Gasteiger partial charge on any atom is 0.107 e. The molecule has 0 radical (unpaired) electrons. The van der Waals surface area contributed by atoms with Gasteiger partial charge in [-0.05, 0) is 31.0 Å². The van der Waals surface area contributed by atoms with Crippen LogP contribution in [0.4, 0.5) is 0 Å². The summed E-state index contributed by atoms with van der Waals surface area (Å²) in [6.45, 7) is 5.13. The SMILES string of the molecule is CCC(NCc1ncc(C)s1)c1ccc(Br)cc1. The maximum absolute atomic E-state index is 4.38. The van der Waals surface area contributed by atoms with Gasteiger partial charge in [0.05, 0.1) is 0 Å². The van der Waals surface area contributed by atoms with Gasteiger partial charge in [0.2, 0.25) is 0 Å². The number of aryl methyl sites for hydroxylation is 1. The van der Waals surface area contributed by atoms with E-state index in [1.807, 2.05) is 6.20 Å². The number of rotatable bonds is 5. The van der Waals surface area contributed by atoms with E-state index in [0.29, 0.717) is 6.04 Å². The lowest BCUT2D eigenvalue weighted by Crippen LogP contribution is -2.20. The fraction of sp³-hybridized carbons (Fsp3) is 0.357. The minimum absolute atomic E-state index is 0.391. The number of thiazole rings is 1. The highest BCUT2D eigenvalue weighted by Gasteiger charge is 2.09. The average Bonchev–Trinajstić information content (AvgIpc) is 2.78. The van der Waals surface area contributed by atoms with E-state index in [9.17, 15) is 0 Å². The molecule has 4 heteroatoms. The summed E-state index contributed by atoms with van der Waals surface area (Å²) in [5.41, 5.74) is 1.33.